The number of hydrogen-bond acceptors (Lipinski definition) is 4. The van der Waals surface area contributed by atoms with Crippen LogP contribution in [0, 0.1) is 6.92 Å². The van der Waals surface area contributed by atoms with Crippen molar-refractivity contribution in [1.82, 2.24) is 10.2 Å². The lowest BCUT2D eigenvalue weighted by molar-refractivity contribution is -0.122. The third-order valence-electron chi connectivity index (χ3n) is 3.14. The third kappa shape index (κ3) is 3.95. The van der Waals surface area contributed by atoms with Gasteiger partial charge in [0.25, 0.3) is 0 Å². The molecule has 2 rings (SSSR count). The molecule has 2 aromatic heterocycles. The quantitative estimate of drug-likeness (QED) is 0.890. The van der Waals surface area contributed by atoms with E-state index in [-0.39, 0.29) is 11.9 Å². The molecular weight excluding hydrogens is 272 g/mol. The Bertz CT molecular complexity index is 548. The first-order valence-corrected chi connectivity index (χ1v) is 7.48. The van der Waals surface area contributed by atoms with E-state index in [4.69, 9.17) is 4.42 Å². The van der Waals surface area contributed by atoms with Gasteiger partial charge in [-0.1, -0.05) is 0 Å². The first-order chi connectivity index (χ1) is 9.56. The first-order valence-electron chi connectivity index (χ1n) is 6.60. The van der Waals surface area contributed by atoms with Crippen molar-refractivity contribution in [2.75, 3.05) is 13.6 Å². The maximum atomic E-state index is 12.0. The summed E-state index contributed by atoms with van der Waals surface area (Å²) in [5.74, 6) is 0.778. The molecule has 2 aromatic rings. The van der Waals surface area contributed by atoms with Crippen LogP contribution in [0.4, 0.5) is 0 Å². The van der Waals surface area contributed by atoms with Crippen molar-refractivity contribution in [3.63, 3.8) is 0 Å². The number of carbonyl (C=O) groups is 1. The molecule has 0 bridgehead atoms. The Morgan fingerprint density at radius 1 is 1.50 bits per heavy atom. The third-order valence-corrected chi connectivity index (χ3v) is 4.15. The smallest absolute Gasteiger partial charge is 0.234 e. The largest absolute Gasteiger partial charge is 0.467 e. The zero-order valence-corrected chi connectivity index (χ0v) is 12.9. The topological polar surface area (TPSA) is 45.5 Å². The zero-order chi connectivity index (χ0) is 14.5. The van der Waals surface area contributed by atoms with Crippen LogP contribution in [0.1, 0.15) is 29.2 Å². The van der Waals surface area contributed by atoms with E-state index in [0.29, 0.717) is 6.54 Å². The average molecular weight is 292 g/mol. The van der Waals surface area contributed by atoms with Crippen molar-refractivity contribution < 1.29 is 9.21 Å². The highest BCUT2D eigenvalue weighted by Gasteiger charge is 2.14. The second-order valence-corrected chi connectivity index (χ2v) is 6.00. The first kappa shape index (κ1) is 14.8. The molecule has 4 nitrogen and oxygen atoms in total. The molecule has 0 saturated carbocycles. The van der Waals surface area contributed by atoms with Crippen molar-refractivity contribution in [3.05, 3.63) is 46.0 Å². The summed E-state index contributed by atoms with van der Waals surface area (Å²) in [6.45, 7) is 5.19. The van der Waals surface area contributed by atoms with Crippen LogP contribution in [0.5, 0.6) is 0 Å². The summed E-state index contributed by atoms with van der Waals surface area (Å²) in [6, 6.07) is 5.69. The van der Waals surface area contributed by atoms with Gasteiger partial charge in [-0.05, 0) is 50.0 Å². The van der Waals surface area contributed by atoms with Crippen LogP contribution in [0.3, 0.4) is 0 Å². The Hall–Kier alpha value is -1.59. The molecule has 0 aliphatic rings. The second-order valence-electron chi connectivity index (χ2n) is 5.00. The van der Waals surface area contributed by atoms with E-state index in [1.54, 1.807) is 17.6 Å². The van der Waals surface area contributed by atoms with Gasteiger partial charge in [-0.2, -0.15) is 0 Å². The molecule has 20 heavy (non-hydrogen) atoms. The minimum atomic E-state index is -0.102. The summed E-state index contributed by atoms with van der Waals surface area (Å²) in [5, 5.41) is 5.02. The van der Waals surface area contributed by atoms with Crippen LogP contribution in [0.15, 0.2) is 34.3 Å². The van der Waals surface area contributed by atoms with Crippen molar-refractivity contribution in [3.8, 4) is 0 Å². The second kappa shape index (κ2) is 6.72. The summed E-state index contributed by atoms with van der Waals surface area (Å²) in [7, 11) is 1.95. The summed E-state index contributed by atoms with van der Waals surface area (Å²) < 4.78 is 5.28. The minimum absolute atomic E-state index is 0.00519. The Kier molecular flexibility index (Phi) is 4.98. The van der Waals surface area contributed by atoms with Gasteiger partial charge in [-0.3, -0.25) is 9.69 Å². The zero-order valence-electron chi connectivity index (χ0n) is 12.1. The number of furan rings is 1. The molecular formula is C15H20N2O2S. The number of amides is 1. The van der Waals surface area contributed by atoms with Gasteiger partial charge in [0.2, 0.25) is 5.91 Å². The molecule has 0 aromatic carbocycles. The van der Waals surface area contributed by atoms with Gasteiger partial charge in [-0.25, -0.2) is 0 Å². The van der Waals surface area contributed by atoms with E-state index in [1.807, 2.05) is 31.0 Å². The van der Waals surface area contributed by atoms with E-state index in [2.05, 4.69) is 23.7 Å². The number of hydrogen-bond donors (Lipinski definition) is 1. The minimum Gasteiger partial charge on any atom is -0.467 e. The molecule has 0 saturated heterocycles. The molecule has 0 aliphatic heterocycles. The number of aryl methyl sites for hydroxylation is 1. The van der Waals surface area contributed by atoms with Crippen molar-refractivity contribution in [2.24, 2.45) is 0 Å². The number of carbonyl (C=O) groups excluding carboxylic acids is 1. The molecule has 0 fully saturated rings. The summed E-state index contributed by atoms with van der Waals surface area (Å²) in [5.41, 5.74) is 1.28. The van der Waals surface area contributed by atoms with Crippen molar-refractivity contribution in [1.29, 1.82) is 0 Å². The molecule has 0 spiro atoms. The van der Waals surface area contributed by atoms with E-state index >= 15 is 0 Å². The van der Waals surface area contributed by atoms with Crippen molar-refractivity contribution in [2.45, 2.75) is 26.4 Å². The fraction of sp³-hybridized carbons (Fsp3) is 0.400. The Morgan fingerprint density at radius 2 is 2.30 bits per heavy atom. The maximum Gasteiger partial charge on any atom is 0.234 e. The number of rotatable bonds is 6. The molecule has 5 heteroatoms. The predicted molar refractivity (Wildman–Crippen MR) is 80.7 cm³/mol. The number of nitrogens with zero attached hydrogens (tertiary/aromatic N) is 1. The number of nitrogens with one attached hydrogen (secondary N) is 1. The Morgan fingerprint density at radius 3 is 2.90 bits per heavy atom. The van der Waals surface area contributed by atoms with Crippen LogP contribution >= 0.6 is 11.3 Å². The molecule has 108 valence electrons. The van der Waals surface area contributed by atoms with Gasteiger partial charge >= 0.3 is 0 Å². The maximum absolute atomic E-state index is 12.0. The molecule has 0 radical (unpaired) electrons. The van der Waals surface area contributed by atoms with Gasteiger partial charge in [0, 0.05) is 11.4 Å². The van der Waals surface area contributed by atoms with Gasteiger partial charge in [0.15, 0.2) is 0 Å². The molecule has 2 heterocycles. The fourth-order valence-corrected chi connectivity index (χ4v) is 2.99. The van der Waals surface area contributed by atoms with Gasteiger partial charge in [0.1, 0.15) is 5.76 Å². The Labute approximate surface area is 123 Å². The lowest BCUT2D eigenvalue weighted by atomic mass is 10.2. The number of thiophene rings is 1. The molecule has 1 amide bonds. The van der Waals surface area contributed by atoms with Crippen LogP contribution in [0.25, 0.3) is 0 Å². The summed E-state index contributed by atoms with van der Waals surface area (Å²) in [6.07, 6.45) is 1.61. The van der Waals surface area contributed by atoms with Gasteiger partial charge in [-0.15, -0.1) is 11.3 Å². The van der Waals surface area contributed by atoms with E-state index in [1.165, 1.54) is 10.4 Å². The summed E-state index contributed by atoms with van der Waals surface area (Å²) >= 11 is 1.73. The van der Waals surface area contributed by atoms with Crippen molar-refractivity contribution >= 4 is 17.2 Å². The standard InChI is InChI=1S/C15H20N2O2S/c1-11-6-8-20-14(11)9-17(3)10-15(18)16-12(2)13-5-4-7-19-13/h4-8,12H,9-10H2,1-3H3,(H,16,18). The van der Waals surface area contributed by atoms with Crippen LogP contribution in [-0.4, -0.2) is 24.4 Å². The monoisotopic (exact) mass is 292 g/mol. The predicted octanol–water partition coefficient (Wildman–Crippen LogP) is 2.96. The lowest BCUT2D eigenvalue weighted by Gasteiger charge is -2.18. The molecule has 1 atom stereocenters. The Balaban J connectivity index is 1.81. The normalized spacial score (nSPS) is 12.6. The fourth-order valence-electron chi connectivity index (χ4n) is 2.01. The average Bonchev–Trinajstić information content (AvgIpc) is 3.01. The highest BCUT2D eigenvalue weighted by molar-refractivity contribution is 7.10. The summed E-state index contributed by atoms with van der Waals surface area (Å²) in [4.78, 5) is 15.3. The van der Waals surface area contributed by atoms with Gasteiger partial charge < -0.3 is 9.73 Å². The number of likely N-dealkylation sites (N-methyl/N-ethyl adjacent to an activating group) is 1. The highest BCUT2D eigenvalue weighted by Crippen LogP contribution is 2.17. The highest BCUT2D eigenvalue weighted by atomic mass is 32.1. The molecule has 1 unspecified atom stereocenters. The van der Waals surface area contributed by atoms with E-state index in [0.717, 1.165) is 12.3 Å². The molecule has 1 N–H and O–H groups in total. The van der Waals surface area contributed by atoms with Crippen LogP contribution in [0.2, 0.25) is 0 Å². The van der Waals surface area contributed by atoms with Crippen LogP contribution in [-0.2, 0) is 11.3 Å². The lowest BCUT2D eigenvalue weighted by Crippen LogP contribution is -2.36. The van der Waals surface area contributed by atoms with E-state index in [9.17, 15) is 4.79 Å². The van der Waals surface area contributed by atoms with Crippen LogP contribution < -0.4 is 5.32 Å². The SMILES string of the molecule is Cc1ccsc1CN(C)CC(=O)NC(C)c1ccco1. The molecule has 0 aliphatic carbocycles. The van der Waals surface area contributed by atoms with Gasteiger partial charge in [0.05, 0.1) is 18.8 Å². The van der Waals surface area contributed by atoms with E-state index < -0.39 is 0 Å².